The van der Waals surface area contributed by atoms with Gasteiger partial charge in [0.15, 0.2) is 0 Å². The van der Waals surface area contributed by atoms with Crippen LogP contribution in [0.1, 0.15) is 71.3 Å². The summed E-state index contributed by atoms with van der Waals surface area (Å²) in [7, 11) is 0. The molecule has 1 aromatic rings. The molecule has 4 nitrogen and oxygen atoms in total. The summed E-state index contributed by atoms with van der Waals surface area (Å²) in [5, 5.41) is 3.19. The van der Waals surface area contributed by atoms with E-state index < -0.39 is 5.54 Å². The molecule has 0 radical (unpaired) electrons. The van der Waals surface area contributed by atoms with Crippen LogP contribution in [0, 0.1) is 11.8 Å². The number of rotatable bonds is 11. The molecule has 0 heterocycles. The van der Waals surface area contributed by atoms with Crippen LogP contribution in [0.25, 0.3) is 0 Å². The molecular formula is C25H40N2O2S. The van der Waals surface area contributed by atoms with Crippen molar-refractivity contribution in [1.82, 2.24) is 10.2 Å². The third-order valence-electron chi connectivity index (χ3n) is 6.36. The Morgan fingerprint density at radius 2 is 1.83 bits per heavy atom. The highest BCUT2D eigenvalue weighted by molar-refractivity contribution is 7.80. The lowest BCUT2D eigenvalue weighted by Gasteiger charge is -2.47. The van der Waals surface area contributed by atoms with Gasteiger partial charge in [-0.05, 0) is 55.8 Å². The van der Waals surface area contributed by atoms with Crippen LogP contribution in [0.5, 0.6) is 0 Å². The summed E-state index contributed by atoms with van der Waals surface area (Å²) in [6.07, 6.45) is 7.51. The highest BCUT2D eigenvalue weighted by Crippen LogP contribution is 2.37. The summed E-state index contributed by atoms with van der Waals surface area (Å²) in [6.45, 7) is 7.46. The number of benzene rings is 1. The molecule has 1 N–H and O–H groups in total. The molecule has 1 saturated carbocycles. The molecule has 0 bridgehead atoms. The van der Waals surface area contributed by atoms with Gasteiger partial charge < -0.3 is 10.2 Å². The summed E-state index contributed by atoms with van der Waals surface area (Å²) in [4.78, 5) is 28.8. The second-order valence-corrected chi connectivity index (χ2v) is 9.65. The summed E-state index contributed by atoms with van der Waals surface area (Å²) < 4.78 is 0. The zero-order valence-corrected chi connectivity index (χ0v) is 19.9. The van der Waals surface area contributed by atoms with Crippen molar-refractivity contribution in [3.63, 3.8) is 0 Å². The Kier molecular flexibility index (Phi) is 10.2. The maximum absolute atomic E-state index is 13.6. The van der Waals surface area contributed by atoms with E-state index in [1.807, 2.05) is 30.0 Å². The number of hydrogen-bond acceptors (Lipinski definition) is 3. The smallest absolute Gasteiger partial charge is 0.245 e. The van der Waals surface area contributed by atoms with Crippen LogP contribution in [0.3, 0.4) is 0 Å². The topological polar surface area (TPSA) is 49.4 Å². The number of nitrogens with one attached hydrogen (secondary N) is 1. The minimum Gasteiger partial charge on any atom is -0.354 e. The van der Waals surface area contributed by atoms with E-state index in [9.17, 15) is 9.59 Å². The fourth-order valence-electron chi connectivity index (χ4n) is 4.62. The van der Waals surface area contributed by atoms with E-state index in [0.29, 0.717) is 31.2 Å². The SMILES string of the molecule is CC(C)CN(C(=O)CCCS)[C@@](C)(C(=O)NCCc1ccccc1)C1CCCCC1. The first-order chi connectivity index (χ1) is 14.4. The van der Waals surface area contributed by atoms with Crippen LogP contribution in [0.4, 0.5) is 0 Å². The first-order valence-corrected chi connectivity index (χ1v) is 12.3. The van der Waals surface area contributed by atoms with Crippen molar-refractivity contribution in [2.75, 3.05) is 18.8 Å². The quantitative estimate of drug-likeness (QED) is 0.490. The molecule has 1 aliphatic carbocycles. The third-order valence-corrected chi connectivity index (χ3v) is 6.68. The number of carbonyl (C=O) groups is 2. The molecule has 1 atom stereocenters. The van der Waals surface area contributed by atoms with E-state index in [4.69, 9.17) is 0 Å². The minimum absolute atomic E-state index is 0.00482. The Morgan fingerprint density at radius 1 is 1.17 bits per heavy atom. The lowest BCUT2D eigenvalue weighted by molar-refractivity contribution is -0.152. The maximum atomic E-state index is 13.6. The van der Waals surface area contributed by atoms with Gasteiger partial charge in [-0.25, -0.2) is 0 Å². The predicted molar refractivity (Wildman–Crippen MR) is 128 cm³/mol. The molecule has 2 amide bonds. The van der Waals surface area contributed by atoms with E-state index >= 15 is 0 Å². The molecule has 2 rings (SSSR count). The van der Waals surface area contributed by atoms with Gasteiger partial charge in [-0.2, -0.15) is 12.6 Å². The number of carbonyl (C=O) groups excluding carboxylic acids is 2. The number of thiol groups is 1. The van der Waals surface area contributed by atoms with Crippen LogP contribution in [0.15, 0.2) is 30.3 Å². The summed E-state index contributed by atoms with van der Waals surface area (Å²) in [6, 6.07) is 10.2. The van der Waals surface area contributed by atoms with Crippen LogP contribution < -0.4 is 5.32 Å². The average molecular weight is 433 g/mol. The van der Waals surface area contributed by atoms with Gasteiger partial charge in [0.25, 0.3) is 0 Å². The molecule has 5 heteroatoms. The monoisotopic (exact) mass is 432 g/mol. The fourth-order valence-corrected chi connectivity index (χ4v) is 4.78. The molecule has 0 unspecified atom stereocenters. The van der Waals surface area contributed by atoms with Gasteiger partial charge in [0, 0.05) is 19.5 Å². The Morgan fingerprint density at radius 3 is 2.43 bits per heavy atom. The largest absolute Gasteiger partial charge is 0.354 e. The normalized spacial score (nSPS) is 16.8. The van der Waals surface area contributed by atoms with E-state index in [2.05, 4.69) is 43.9 Å². The van der Waals surface area contributed by atoms with Gasteiger partial charge in [0.2, 0.25) is 11.8 Å². The molecule has 1 fully saturated rings. The molecule has 168 valence electrons. The molecule has 0 aliphatic heterocycles. The fraction of sp³-hybridized carbons (Fsp3) is 0.680. The molecule has 0 spiro atoms. The second kappa shape index (κ2) is 12.4. The van der Waals surface area contributed by atoms with Gasteiger partial charge in [0.05, 0.1) is 0 Å². The van der Waals surface area contributed by atoms with Crippen molar-refractivity contribution in [3.8, 4) is 0 Å². The zero-order chi connectivity index (χ0) is 22.0. The standard InChI is InChI=1S/C25H40N2O2S/c1-20(2)19-27(23(28)15-10-18-30)25(3,22-13-8-5-9-14-22)24(29)26-17-16-21-11-6-4-7-12-21/h4,6-7,11-12,20,22,30H,5,8-10,13-19H2,1-3H3,(H,26,29)/t25-/m1/s1. The van der Waals surface area contributed by atoms with E-state index in [0.717, 1.165) is 38.5 Å². The second-order valence-electron chi connectivity index (χ2n) is 9.20. The first-order valence-electron chi connectivity index (χ1n) is 11.6. The van der Waals surface area contributed by atoms with Crippen LogP contribution in [-0.2, 0) is 16.0 Å². The first kappa shape index (κ1) is 24.8. The van der Waals surface area contributed by atoms with Gasteiger partial charge in [-0.3, -0.25) is 9.59 Å². The van der Waals surface area contributed by atoms with Crippen molar-refractivity contribution < 1.29 is 9.59 Å². The highest BCUT2D eigenvalue weighted by Gasteiger charge is 2.48. The van der Waals surface area contributed by atoms with E-state index in [1.54, 1.807) is 0 Å². The lowest BCUT2D eigenvalue weighted by atomic mass is 9.73. The van der Waals surface area contributed by atoms with Gasteiger partial charge in [0.1, 0.15) is 5.54 Å². The van der Waals surface area contributed by atoms with Crippen molar-refractivity contribution in [1.29, 1.82) is 0 Å². The lowest BCUT2D eigenvalue weighted by Crippen LogP contribution is -2.64. The number of hydrogen-bond donors (Lipinski definition) is 2. The minimum atomic E-state index is -0.797. The van der Waals surface area contributed by atoms with Crippen molar-refractivity contribution in [2.24, 2.45) is 11.8 Å². The van der Waals surface area contributed by atoms with Crippen molar-refractivity contribution in [3.05, 3.63) is 35.9 Å². The summed E-state index contributed by atoms with van der Waals surface area (Å²) >= 11 is 4.28. The zero-order valence-electron chi connectivity index (χ0n) is 19.0. The highest BCUT2D eigenvalue weighted by atomic mass is 32.1. The maximum Gasteiger partial charge on any atom is 0.245 e. The Balaban J connectivity index is 2.22. The average Bonchev–Trinajstić information content (AvgIpc) is 2.76. The van der Waals surface area contributed by atoms with Gasteiger partial charge >= 0.3 is 0 Å². The molecular weight excluding hydrogens is 392 g/mol. The predicted octanol–water partition coefficient (Wildman–Crippen LogP) is 4.88. The van der Waals surface area contributed by atoms with Crippen LogP contribution in [-0.4, -0.2) is 41.1 Å². The van der Waals surface area contributed by atoms with E-state index in [1.165, 1.54) is 12.0 Å². The van der Waals surface area contributed by atoms with Gasteiger partial charge in [-0.1, -0.05) is 63.4 Å². The molecule has 30 heavy (non-hydrogen) atoms. The molecule has 0 aromatic heterocycles. The van der Waals surface area contributed by atoms with Crippen LogP contribution in [0.2, 0.25) is 0 Å². The van der Waals surface area contributed by atoms with E-state index in [-0.39, 0.29) is 17.7 Å². The van der Waals surface area contributed by atoms with Crippen LogP contribution >= 0.6 is 12.6 Å². The number of amides is 2. The summed E-state index contributed by atoms with van der Waals surface area (Å²) in [5.74, 6) is 1.30. The Bertz CT molecular complexity index is 658. The van der Waals surface area contributed by atoms with Crippen molar-refractivity contribution in [2.45, 2.75) is 77.7 Å². The molecule has 1 aromatic carbocycles. The van der Waals surface area contributed by atoms with Gasteiger partial charge in [-0.15, -0.1) is 0 Å². The molecule has 0 saturated heterocycles. The molecule has 1 aliphatic rings. The third kappa shape index (κ3) is 6.76. The van der Waals surface area contributed by atoms with Crippen molar-refractivity contribution >= 4 is 24.4 Å². The Hall–Kier alpha value is -1.49. The Labute approximate surface area is 188 Å². The number of nitrogens with zero attached hydrogens (tertiary/aromatic N) is 1. The summed E-state index contributed by atoms with van der Waals surface area (Å²) in [5.41, 5.74) is 0.413.